The molecule has 0 saturated heterocycles. The van der Waals surface area contributed by atoms with Crippen LogP contribution in [0.1, 0.15) is 136 Å². The van der Waals surface area contributed by atoms with Crippen molar-refractivity contribution < 1.29 is 14.6 Å². The molecule has 0 aromatic heterocycles. The zero-order valence-electron chi connectivity index (χ0n) is 19.9. The third-order valence-corrected chi connectivity index (χ3v) is 5.57. The van der Waals surface area contributed by atoms with Crippen molar-refractivity contribution in [1.29, 1.82) is 0 Å². The largest absolute Gasteiger partial charge is 0.462 e. The highest BCUT2D eigenvalue weighted by atomic mass is 16.5. The highest BCUT2D eigenvalue weighted by Gasteiger charge is 2.12. The van der Waals surface area contributed by atoms with Crippen LogP contribution in [0.3, 0.4) is 0 Å². The van der Waals surface area contributed by atoms with Crippen molar-refractivity contribution in [3.05, 3.63) is 11.6 Å². The number of unbranched alkanes of at least 4 members (excludes halogenated alkanes) is 12. The van der Waals surface area contributed by atoms with E-state index in [1.54, 1.807) is 0 Å². The molecule has 0 amide bonds. The van der Waals surface area contributed by atoms with Crippen molar-refractivity contribution in [2.24, 2.45) is 0 Å². The van der Waals surface area contributed by atoms with Crippen molar-refractivity contribution >= 4 is 5.97 Å². The number of esters is 1. The summed E-state index contributed by atoms with van der Waals surface area (Å²) < 4.78 is 5.41. The normalized spacial score (nSPS) is 12.9. The maximum absolute atomic E-state index is 12.3. The van der Waals surface area contributed by atoms with E-state index >= 15 is 0 Å². The van der Waals surface area contributed by atoms with Gasteiger partial charge in [-0.3, -0.25) is 0 Å². The first-order valence-corrected chi connectivity index (χ1v) is 12.7. The molecule has 1 atom stereocenters. The van der Waals surface area contributed by atoms with E-state index in [4.69, 9.17) is 4.74 Å². The number of rotatable bonds is 21. The third-order valence-electron chi connectivity index (χ3n) is 5.57. The molecule has 3 nitrogen and oxygen atoms in total. The predicted octanol–water partition coefficient (Wildman–Crippen LogP) is 7.90. The summed E-state index contributed by atoms with van der Waals surface area (Å²) in [6, 6.07) is 0. The van der Waals surface area contributed by atoms with Crippen LogP contribution < -0.4 is 0 Å². The third kappa shape index (κ3) is 18.9. The maximum atomic E-state index is 12.3. The molecule has 0 aliphatic carbocycles. The van der Waals surface area contributed by atoms with Crippen LogP contribution in [0.5, 0.6) is 0 Å². The van der Waals surface area contributed by atoms with Gasteiger partial charge in [0, 0.05) is 5.57 Å². The van der Waals surface area contributed by atoms with Gasteiger partial charge in [-0.1, -0.05) is 110 Å². The molecule has 29 heavy (non-hydrogen) atoms. The van der Waals surface area contributed by atoms with E-state index in [2.05, 4.69) is 20.8 Å². The van der Waals surface area contributed by atoms with Crippen molar-refractivity contribution in [1.82, 2.24) is 0 Å². The zero-order valence-corrected chi connectivity index (χ0v) is 19.9. The van der Waals surface area contributed by atoms with Crippen molar-refractivity contribution in [3.63, 3.8) is 0 Å². The van der Waals surface area contributed by atoms with Crippen molar-refractivity contribution in [3.8, 4) is 0 Å². The molecule has 0 aliphatic rings. The standard InChI is InChI=1S/C26H50O3/c1-4-7-10-12-13-14-15-16-18-20-25(27)22-21-24(19-17-11-8-5-2)26(28)29-23-9-6-3/h21,25,27H,4-20,22-23H2,1-3H3/b24-21+/t25-/m1/s1. The van der Waals surface area contributed by atoms with Crippen molar-refractivity contribution in [2.45, 2.75) is 142 Å². The number of aliphatic hydroxyl groups excluding tert-OH is 1. The van der Waals surface area contributed by atoms with Crippen LogP contribution in [0, 0.1) is 0 Å². The molecule has 0 radical (unpaired) electrons. The van der Waals surface area contributed by atoms with Crippen molar-refractivity contribution in [2.75, 3.05) is 6.61 Å². The second-order valence-electron chi connectivity index (χ2n) is 8.54. The second kappa shape index (κ2) is 21.9. The minimum absolute atomic E-state index is 0.176. The maximum Gasteiger partial charge on any atom is 0.333 e. The smallest absolute Gasteiger partial charge is 0.333 e. The average Bonchev–Trinajstić information content (AvgIpc) is 2.72. The van der Waals surface area contributed by atoms with Gasteiger partial charge in [0.05, 0.1) is 12.7 Å². The summed E-state index contributed by atoms with van der Waals surface area (Å²) >= 11 is 0. The molecule has 0 unspecified atom stereocenters. The highest BCUT2D eigenvalue weighted by molar-refractivity contribution is 5.88. The molecular weight excluding hydrogens is 360 g/mol. The Kier molecular flexibility index (Phi) is 21.2. The quantitative estimate of drug-likeness (QED) is 0.119. The number of aliphatic hydroxyl groups is 1. The second-order valence-corrected chi connectivity index (χ2v) is 8.54. The van der Waals surface area contributed by atoms with Crippen LogP contribution in [0.25, 0.3) is 0 Å². The molecule has 0 aromatic rings. The van der Waals surface area contributed by atoms with Crippen LogP contribution in [0.2, 0.25) is 0 Å². The summed E-state index contributed by atoms with van der Waals surface area (Å²) in [6.45, 7) is 7.05. The lowest BCUT2D eigenvalue weighted by atomic mass is 10.0. The summed E-state index contributed by atoms with van der Waals surface area (Å²) in [5.41, 5.74) is 0.767. The lowest BCUT2D eigenvalue weighted by Crippen LogP contribution is -2.11. The minimum atomic E-state index is -0.339. The number of carbonyl (C=O) groups is 1. The molecule has 1 N–H and O–H groups in total. The molecule has 0 aliphatic heterocycles. The monoisotopic (exact) mass is 410 g/mol. The highest BCUT2D eigenvalue weighted by Crippen LogP contribution is 2.16. The Hall–Kier alpha value is -0.830. The average molecular weight is 411 g/mol. The molecule has 0 saturated carbocycles. The van der Waals surface area contributed by atoms with Gasteiger partial charge in [0.1, 0.15) is 0 Å². The lowest BCUT2D eigenvalue weighted by Gasteiger charge is -2.11. The molecule has 0 rings (SSSR count). The molecule has 0 spiro atoms. The van der Waals surface area contributed by atoms with E-state index in [-0.39, 0.29) is 12.1 Å². The Bertz CT molecular complexity index is 389. The van der Waals surface area contributed by atoms with Gasteiger partial charge >= 0.3 is 5.97 Å². The van der Waals surface area contributed by atoms with Gasteiger partial charge in [0.2, 0.25) is 0 Å². The minimum Gasteiger partial charge on any atom is -0.462 e. The molecule has 3 heteroatoms. The lowest BCUT2D eigenvalue weighted by molar-refractivity contribution is -0.139. The van der Waals surface area contributed by atoms with Crippen LogP contribution >= 0.6 is 0 Å². The number of carbonyl (C=O) groups excluding carboxylic acids is 1. The van der Waals surface area contributed by atoms with Gasteiger partial charge in [-0.05, 0) is 32.1 Å². The van der Waals surface area contributed by atoms with Gasteiger partial charge in [0.25, 0.3) is 0 Å². The Balaban J connectivity index is 4.09. The molecular formula is C26H50O3. The van der Waals surface area contributed by atoms with Crippen LogP contribution in [0.4, 0.5) is 0 Å². The van der Waals surface area contributed by atoms with Gasteiger partial charge in [-0.15, -0.1) is 0 Å². The van der Waals surface area contributed by atoms with E-state index in [1.807, 2.05) is 6.08 Å². The van der Waals surface area contributed by atoms with E-state index in [0.29, 0.717) is 13.0 Å². The molecule has 0 aromatic carbocycles. The van der Waals surface area contributed by atoms with Gasteiger partial charge < -0.3 is 9.84 Å². The predicted molar refractivity (Wildman–Crippen MR) is 125 cm³/mol. The summed E-state index contributed by atoms with van der Waals surface area (Å²) in [6.07, 6.45) is 22.0. The summed E-state index contributed by atoms with van der Waals surface area (Å²) in [5.74, 6) is -0.176. The fourth-order valence-electron chi connectivity index (χ4n) is 3.52. The summed E-state index contributed by atoms with van der Waals surface area (Å²) in [5, 5.41) is 10.3. The molecule has 0 bridgehead atoms. The van der Waals surface area contributed by atoms with Gasteiger partial charge in [-0.25, -0.2) is 4.79 Å². The van der Waals surface area contributed by atoms with E-state index in [1.165, 1.54) is 64.2 Å². The van der Waals surface area contributed by atoms with E-state index in [9.17, 15) is 9.90 Å². The van der Waals surface area contributed by atoms with Crippen LogP contribution in [-0.2, 0) is 9.53 Å². The summed E-state index contributed by atoms with van der Waals surface area (Å²) in [4.78, 5) is 12.3. The number of hydrogen-bond donors (Lipinski definition) is 1. The Morgan fingerprint density at radius 2 is 1.28 bits per heavy atom. The SMILES string of the molecule is CCCCCCCCCCC[C@@H](O)C/C=C(\CCCCCC)C(=O)OCCCC. The molecule has 0 heterocycles. The first-order valence-electron chi connectivity index (χ1n) is 12.7. The number of hydrogen-bond acceptors (Lipinski definition) is 3. The molecule has 172 valence electrons. The Morgan fingerprint density at radius 1 is 0.759 bits per heavy atom. The van der Waals surface area contributed by atoms with Crippen LogP contribution in [0.15, 0.2) is 11.6 Å². The fourth-order valence-corrected chi connectivity index (χ4v) is 3.52. The fraction of sp³-hybridized carbons (Fsp3) is 0.885. The Morgan fingerprint density at radius 3 is 1.86 bits per heavy atom. The first-order chi connectivity index (χ1) is 14.2. The van der Waals surface area contributed by atoms with E-state index in [0.717, 1.165) is 50.5 Å². The van der Waals surface area contributed by atoms with Gasteiger partial charge in [0.15, 0.2) is 0 Å². The topological polar surface area (TPSA) is 46.5 Å². The van der Waals surface area contributed by atoms with Crippen LogP contribution in [-0.4, -0.2) is 23.8 Å². The molecule has 0 fully saturated rings. The van der Waals surface area contributed by atoms with E-state index < -0.39 is 0 Å². The summed E-state index contributed by atoms with van der Waals surface area (Å²) in [7, 11) is 0. The van der Waals surface area contributed by atoms with Gasteiger partial charge in [-0.2, -0.15) is 0 Å². The first kappa shape index (κ1) is 28.2. The number of ether oxygens (including phenoxy) is 1. The Labute approximate surface area is 181 Å². The zero-order chi connectivity index (χ0) is 21.6.